The minimum atomic E-state index is -1.14. The first-order chi connectivity index (χ1) is 18.4. The summed E-state index contributed by atoms with van der Waals surface area (Å²) < 4.78 is 5.52. The van der Waals surface area contributed by atoms with E-state index in [2.05, 4.69) is 17.4 Å². The summed E-state index contributed by atoms with van der Waals surface area (Å²) in [4.78, 5) is 36.2. The largest absolute Gasteiger partial charge is 0.480 e. The van der Waals surface area contributed by atoms with E-state index in [1.807, 2.05) is 78.9 Å². The van der Waals surface area contributed by atoms with Crippen LogP contribution < -0.4 is 5.32 Å². The number of ether oxygens (including phenoxy) is 1. The van der Waals surface area contributed by atoms with Gasteiger partial charge in [-0.15, -0.1) is 0 Å². The molecule has 6 heteroatoms. The molecule has 4 aromatic carbocycles. The Balaban J connectivity index is 1.23. The average Bonchev–Trinajstić information content (AvgIpc) is 3.25. The van der Waals surface area contributed by atoms with Gasteiger partial charge in [0.15, 0.2) is 5.78 Å². The quantitative estimate of drug-likeness (QED) is 0.283. The summed E-state index contributed by atoms with van der Waals surface area (Å²) in [6.45, 7) is 1.64. The number of hydrogen-bond acceptors (Lipinski definition) is 4. The SMILES string of the molecule is CC(=O)c1cccc(-c2ccc(CC(NC(=O)OCC3c4ccccc4-c4ccccc43)C(=O)O)cc2)c1. The number of carboxylic acids is 1. The Morgan fingerprint density at radius 1 is 0.816 bits per heavy atom. The van der Waals surface area contributed by atoms with Crippen molar-refractivity contribution in [1.82, 2.24) is 5.32 Å². The minimum Gasteiger partial charge on any atom is -0.480 e. The molecule has 4 aromatic rings. The van der Waals surface area contributed by atoms with Crippen molar-refractivity contribution in [1.29, 1.82) is 0 Å². The number of nitrogens with one attached hydrogen (secondary N) is 1. The molecule has 190 valence electrons. The van der Waals surface area contributed by atoms with Crippen LogP contribution >= 0.6 is 0 Å². The highest BCUT2D eigenvalue weighted by Crippen LogP contribution is 2.44. The third-order valence-electron chi connectivity index (χ3n) is 6.93. The highest BCUT2D eigenvalue weighted by Gasteiger charge is 2.29. The molecule has 1 unspecified atom stereocenters. The van der Waals surface area contributed by atoms with Gasteiger partial charge in [-0.25, -0.2) is 9.59 Å². The monoisotopic (exact) mass is 505 g/mol. The number of aliphatic carboxylic acids is 1. The average molecular weight is 506 g/mol. The number of rotatable bonds is 8. The third-order valence-corrected chi connectivity index (χ3v) is 6.93. The Bertz CT molecular complexity index is 1460. The van der Waals surface area contributed by atoms with Crippen LogP contribution in [0.3, 0.4) is 0 Å². The molecule has 0 aliphatic heterocycles. The molecule has 0 bridgehead atoms. The van der Waals surface area contributed by atoms with Gasteiger partial charge in [-0.3, -0.25) is 4.79 Å². The maximum absolute atomic E-state index is 12.6. The number of alkyl carbamates (subject to hydrolysis) is 1. The maximum atomic E-state index is 12.6. The highest BCUT2D eigenvalue weighted by molar-refractivity contribution is 5.95. The number of amides is 1. The Labute approximate surface area is 220 Å². The van der Waals surface area contributed by atoms with Crippen molar-refractivity contribution in [2.24, 2.45) is 0 Å². The molecule has 0 spiro atoms. The van der Waals surface area contributed by atoms with Gasteiger partial charge in [0, 0.05) is 17.9 Å². The predicted octanol–water partition coefficient (Wildman–Crippen LogP) is 6.09. The van der Waals surface area contributed by atoms with E-state index in [1.165, 1.54) is 6.92 Å². The standard InChI is InChI=1S/C32H27NO5/c1-20(34)23-7-6-8-24(18-23)22-15-13-21(14-16-22)17-30(31(35)36)33-32(37)38-19-29-27-11-4-2-9-25(27)26-10-3-5-12-28(26)29/h2-16,18,29-30H,17,19H2,1H3,(H,33,37)(H,35,36). The van der Waals surface area contributed by atoms with Crippen molar-refractivity contribution in [2.45, 2.75) is 25.3 Å². The Morgan fingerprint density at radius 2 is 1.45 bits per heavy atom. The van der Waals surface area contributed by atoms with E-state index < -0.39 is 18.1 Å². The second-order valence-corrected chi connectivity index (χ2v) is 9.40. The number of carboxylic acid groups (broad SMARTS) is 1. The van der Waals surface area contributed by atoms with Gasteiger partial charge in [-0.1, -0.05) is 91.0 Å². The van der Waals surface area contributed by atoms with Gasteiger partial charge in [0.1, 0.15) is 12.6 Å². The van der Waals surface area contributed by atoms with E-state index in [4.69, 9.17) is 4.74 Å². The van der Waals surface area contributed by atoms with Gasteiger partial charge in [-0.2, -0.15) is 0 Å². The molecule has 5 rings (SSSR count). The first-order valence-corrected chi connectivity index (χ1v) is 12.5. The number of carbonyl (C=O) groups excluding carboxylic acids is 2. The smallest absolute Gasteiger partial charge is 0.407 e. The third kappa shape index (κ3) is 5.20. The molecule has 1 aliphatic carbocycles. The van der Waals surface area contributed by atoms with E-state index in [9.17, 15) is 19.5 Å². The Morgan fingerprint density at radius 3 is 2.05 bits per heavy atom. The Hall–Kier alpha value is -4.71. The van der Waals surface area contributed by atoms with Crippen LogP contribution in [0.25, 0.3) is 22.3 Å². The molecule has 6 nitrogen and oxygen atoms in total. The van der Waals surface area contributed by atoms with E-state index in [0.717, 1.165) is 38.9 Å². The normalized spacial score (nSPS) is 12.8. The molecule has 0 fully saturated rings. The molecule has 0 radical (unpaired) electrons. The summed E-state index contributed by atoms with van der Waals surface area (Å²) >= 11 is 0. The molecule has 1 aliphatic rings. The zero-order chi connectivity index (χ0) is 26.6. The van der Waals surface area contributed by atoms with Crippen LogP contribution in [0, 0.1) is 0 Å². The second-order valence-electron chi connectivity index (χ2n) is 9.40. The predicted molar refractivity (Wildman–Crippen MR) is 145 cm³/mol. The lowest BCUT2D eigenvalue weighted by Gasteiger charge is -2.17. The number of ketones is 1. The maximum Gasteiger partial charge on any atom is 0.407 e. The van der Waals surface area contributed by atoms with Gasteiger partial charge in [0.2, 0.25) is 0 Å². The summed E-state index contributed by atoms with van der Waals surface area (Å²) in [5.74, 6) is -1.26. The highest BCUT2D eigenvalue weighted by atomic mass is 16.5. The summed E-state index contributed by atoms with van der Waals surface area (Å²) in [6, 6.07) is 29.7. The fraction of sp³-hybridized carbons (Fsp3) is 0.156. The summed E-state index contributed by atoms with van der Waals surface area (Å²) in [6.07, 6.45) is -0.662. The first kappa shape index (κ1) is 25.0. The summed E-state index contributed by atoms with van der Waals surface area (Å²) in [5.41, 5.74) is 7.61. The van der Waals surface area contributed by atoms with Crippen molar-refractivity contribution in [3.63, 3.8) is 0 Å². The van der Waals surface area contributed by atoms with Gasteiger partial charge in [-0.05, 0) is 51.9 Å². The summed E-state index contributed by atoms with van der Waals surface area (Å²) in [7, 11) is 0. The van der Waals surface area contributed by atoms with Crippen molar-refractivity contribution in [3.8, 4) is 22.3 Å². The van der Waals surface area contributed by atoms with Gasteiger partial charge < -0.3 is 15.2 Å². The van der Waals surface area contributed by atoms with Crippen molar-refractivity contribution < 1.29 is 24.2 Å². The number of carbonyl (C=O) groups is 3. The zero-order valence-electron chi connectivity index (χ0n) is 20.9. The van der Waals surface area contributed by atoms with Crippen molar-refractivity contribution in [2.75, 3.05) is 6.61 Å². The molecule has 1 atom stereocenters. The fourth-order valence-corrected chi connectivity index (χ4v) is 4.97. The van der Waals surface area contributed by atoms with Crippen LogP contribution in [0.15, 0.2) is 97.1 Å². The minimum absolute atomic E-state index is 0.00733. The Kier molecular flexibility index (Phi) is 7.05. The van der Waals surface area contributed by atoms with E-state index in [1.54, 1.807) is 6.07 Å². The van der Waals surface area contributed by atoms with Crippen molar-refractivity contribution in [3.05, 3.63) is 119 Å². The molecular formula is C32H27NO5. The topological polar surface area (TPSA) is 92.7 Å². The number of fused-ring (bicyclic) bond motifs is 3. The molecule has 0 saturated carbocycles. The van der Waals surface area contributed by atoms with Gasteiger partial charge in [0.25, 0.3) is 0 Å². The lowest BCUT2D eigenvalue weighted by Crippen LogP contribution is -2.42. The van der Waals surface area contributed by atoms with Gasteiger partial charge in [0.05, 0.1) is 0 Å². The molecule has 2 N–H and O–H groups in total. The molecule has 1 amide bonds. The number of benzene rings is 4. The fourth-order valence-electron chi connectivity index (χ4n) is 4.97. The molecule has 38 heavy (non-hydrogen) atoms. The zero-order valence-corrected chi connectivity index (χ0v) is 20.9. The molecule has 0 heterocycles. The van der Waals surface area contributed by atoms with Crippen LogP contribution in [-0.2, 0) is 16.0 Å². The van der Waals surface area contributed by atoms with E-state index in [-0.39, 0.29) is 24.7 Å². The van der Waals surface area contributed by atoms with Crippen LogP contribution in [0.5, 0.6) is 0 Å². The number of hydrogen-bond donors (Lipinski definition) is 2. The van der Waals surface area contributed by atoms with Gasteiger partial charge >= 0.3 is 12.1 Å². The lowest BCUT2D eigenvalue weighted by molar-refractivity contribution is -0.139. The van der Waals surface area contributed by atoms with E-state index >= 15 is 0 Å². The van der Waals surface area contributed by atoms with Crippen molar-refractivity contribution >= 4 is 17.8 Å². The van der Waals surface area contributed by atoms with Crippen LogP contribution in [0.2, 0.25) is 0 Å². The lowest BCUT2D eigenvalue weighted by atomic mass is 9.98. The molecule has 0 saturated heterocycles. The first-order valence-electron chi connectivity index (χ1n) is 12.5. The molecular weight excluding hydrogens is 478 g/mol. The summed E-state index contributed by atoms with van der Waals surface area (Å²) in [5, 5.41) is 12.2. The van der Waals surface area contributed by atoms with Crippen LogP contribution in [0.1, 0.15) is 39.9 Å². The molecule has 0 aromatic heterocycles. The van der Waals surface area contributed by atoms with E-state index in [0.29, 0.717) is 5.56 Å². The van der Waals surface area contributed by atoms with Crippen LogP contribution in [-0.4, -0.2) is 35.6 Å². The second kappa shape index (κ2) is 10.7. The number of Topliss-reactive ketones (excluding diaryl/α,β-unsaturated/α-hetero) is 1. The van der Waals surface area contributed by atoms with Crippen LogP contribution in [0.4, 0.5) is 4.79 Å².